The number of hydrogen-bond donors (Lipinski definition) is 1. The summed E-state index contributed by atoms with van der Waals surface area (Å²) >= 11 is 0. The van der Waals surface area contributed by atoms with Crippen molar-refractivity contribution >= 4 is 0 Å². The Hall–Kier alpha value is -1.03. The van der Waals surface area contributed by atoms with Crippen LogP contribution < -0.4 is 0 Å². The van der Waals surface area contributed by atoms with Crippen LogP contribution in [-0.2, 0) is 0 Å². The van der Waals surface area contributed by atoms with E-state index in [1.807, 2.05) is 13.8 Å². The van der Waals surface area contributed by atoms with Gasteiger partial charge in [0.1, 0.15) is 5.82 Å². The first kappa shape index (κ1) is 15.0. The zero-order valence-corrected chi connectivity index (χ0v) is 10.7. The average Bonchev–Trinajstić information content (AvgIpc) is 2.33. The number of aliphatic hydroxyl groups is 1. The highest BCUT2D eigenvalue weighted by Crippen LogP contribution is 2.31. The molecule has 1 aromatic rings. The highest BCUT2D eigenvalue weighted by molar-refractivity contribution is 5.22. The largest absolute Gasteiger partial charge is 0.388 e. The first-order valence-corrected chi connectivity index (χ1v) is 6.33. The lowest BCUT2D eigenvalue weighted by Gasteiger charge is -2.23. The lowest BCUT2D eigenvalue weighted by molar-refractivity contribution is 0.0924. The van der Waals surface area contributed by atoms with Gasteiger partial charge in [0.05, 0.1) is 6.10 Å². The van der Waals surface area contributed by atoms with Crippen LogP contribution in [0.5, 0.6) is 0 Å². The lowest BCUT2D eigenvalue weighted by Crippen LogP contribution is -2.14. The van der Waals surface area contributed by atoms with Gasteiger partial charge in [-0.3, -0.25) is 0 Å². The molecule has 0 aliphatic heterocycles. The number of rotatable bonds is 6. The standard InChI is InChI=1S/C14H19F3O/c1-3-5-9(6-4-2)14(18)10-7-12(16)13(17)8-11(10)15/h7-9,14,18H,3-6H2,1-2H3. The molecule has 0 fully saturated rings. The van der Waals surface area contributed by atoms with Crippen molar-refractivity contribution in [3.05, 3.63) is 35.1 Å². The molecule has 18 heavy (non-hydrogen) atoms. The van der Waals surface area contributed by atoms with Gasteiger partial charge in [-0.25, -0.2) is 13.2 Å². The predicted octanol–water partition coefficient (Wildman–Crippen LogP) is 4.35. The van der Waals surface area contributed by atoms with Crippen LogP contribution in [-0.4, -0.2) is 5.11 Å². The second-order valence-electron chi connectivity index (χ2n) is 4.57. The molecule has 0 amide bonds. The molecule has 0 aliphatic rings. The zero-order chi connectivity index (χ0) is 13.7. The van der Waals surface area contributed by atoms with Crippen LogP contribution in [0.3, 0.4) is 0 Å². The Labute approximate surface area is 106 Å². The van der Waals surface area contributed by atoms with Crippen molar-refractivity contribution in [2.75, 3.05) is 0 Å². The van der Waals surface area contributed by atoms with Gasteiger partial charge < -0.3 is 5.11 Å². The van der Waals surface area contributed by atoms with Crippen LogP contribution in [0.2, 0.25) is 0 Å². The van der Waals surface area contributed by atoms with Crippen LogP contribution in [0, 0.1) is 23.4 Å². The molecule has 1 nitrogen and oxygen atoms in total. The summed E-state index contributed by atoms with van der Waals surface area (Å²) < 4.78 is 39.5. The van der Waals surface area contributed by atoms with Gasteiger partial charge in [0.2, 0.25) is 0 Å². The highest BCUT2D eigenvalue weighted by atomic mass is 19.2. The third kappa shape index (κ3) is 3.48. The summed E-state index contributed by atoms with van der Waals surface area (Å²) in [5, 5.41) is 10.1. The predicted molar refractivity (Wildman–Crippen MR) is 64.6 cm³/mol. The van der Waals surface area contributed by atoms with Gasteiger partial charge in [0, 0.05) is 11.6 Å². The van der Waals surface area contributed by atoms with Crippen molar-refractivity contribution < 1.29 is 18.3 Å². The Morgan fingerprint density at radius 1 is 0.944 bits per heavy atom. The maximum atomic E-state index is 13.6. The van der Waals surface area contributed by atoms with Crippen molar-refractivity contribution in [2.24, 2.45) is 5.92 Å². The minimum Gasteiger partial charge on any atom is -0.388 e. The van der Waals surface area contributed by atoms with Crippen molar-refractivity contribution in [3.8, 4) is 0 Å². The molecule has 0 radical (unpaired) electrons. The molecule has 0 saturated carbocycles. The normalized spacial score (nSPS) is 13.1. The van der Waals surface area contributed by atoms with E-state index in [4.69, 9.17) is 0 Å². The molecule has 1 rings (SSSR count). The molecule has 0 spiro atoms. The van der Waals surface area contributed by atoms with Crippen molar-refractivity contribution in [3.63, 3.8) is 0 Å². The fourth-order valence-electron chi connectivity index (χ4n) is 2.22. The molecule has 1 unspecified atom stereocenters. The topological polar surface area (TPSA) is 20.2 Å². The molecule has 0 bridgehead atoms. The Kier molecular flexibility index (Phi) is 5.66. The molecular weight excluding hydrogens is 241 g/mol. The summed E-state index contributed by atoms with van der Waals surface area (Å²) in [4.78, 5) is 0. The number of aliphatic hydroxyl groups excluding tert-OH is 1. The minimum absolute atomic E-state index is 0.126. The Morgan fingerprint density at radius 2 is 1.44 bits per heavy atom. The fraction of sp³-hybridized carbons (Fsp3) is 0.571. The number of hydrogen-bond acceptors (Lipinski definition) is 1. The molecule has 4 heteroatoms. The van der Waals surface area contributed by atoms with E-state index >= 15 is 0 Å². The van der Waals surface area contributed by atoms with E-state index in [2.05, 4.69) is 0 Å². The lowest BCUT2D eigenvalue weighted by atomic mass is 9.88. The second kappa shape index (κ2) is 6.78. The van der Waals surface area contributed by atoms with E-state index < -0.39 is 23.6 Å². The van der Waals surface area contributed by atoms with Crippen molar-refractivity contribution in [1.29, 1.82) is 0 Å². The quantitative estimate of drug-likeness (QED) is 0.754. The molecule has 1 N–H and O–H groups in total. The van der Waals surface area contributed by atoms with Gasteiger partial charge in [-0.05, 0) is 24.8 Å². The van der Waals surface area contributed by atoms with Gasteiger partial charge in [-0.1, -0.05) is 26.7 Å². The van der Waals surface area contributed by atoms with E-state index in [-0.39, 0.29) is 11.5 Å². The number of halogens is 3. The first-order chi connectivity index (χ1) is 8.51. The summed E-state index contributed by atoms with van der Waals surface area (Å²) in [5.41, 5.74) is -0.152. The van der Waals surface area contributed by atoms with E-state index in [1.54, 1.807) is 0 Å². The third-order valence-corrected chi connectivity index (χ3v) is 3.12. The molecule has 0 aromatic heterocycles. The monoisotopic (exact) mass is 260 g/mol. The Balaban J connectivity index is 3.00. The van der Waals surface area contributed by atoms with Gasteiger partial charge in [-0.15, -0.1) is 0 Å². The SMILES string of the molecule is CCCC(CCC)C(O)c1cc(F)c(F)cc1F. The molecule has 102 valence electrons. The second-order valence-corrected chi connectivity index (χ2v) is 4.57. The van der Waals surface area contributed by atoms with Gasteiger partial charge in [0.25, 0.3) is 0 Å². The van der Waals surface area contributed by atoms with E-state index in [9.17, 15) is 18.3 Å². The van der Waals surface area contributed by atoms with Gasteiger partial charge >= 0.3 is 0 Å². The summed E-state index contributed by atoms with van der Waals surface area (Å²) in [7, 11) is 0. The average molecular weight is 260 g/mol. The maximum absolute atomic E-state index is 13.6. The summed E-state index contributed by atoms with van der Waals surface area (Å²) in [6.45, 7) is 3.94. The first-order valence-electron chi connectivity index (χ1n) is 6.33. The minimum atomic E-state index is -1.23. The van der Waals surface area contributed by atoms with E-state index in [0.717, 1.165) is 31.7 Å². The van der Waals surface area contributed by atoms with Crippen LogP contribution in [0.1, 0.15) is 51.2 Å². The Morgan fingerprint density at radius 3 is 1.94 bits per heavy atom. The summed E-state index contributed by atoms with van der Waals surface area (Å²) in [5.74, 6) is -3.37. The van der Waals surface area contributed by atoms with Gasteiger partial charge in [-0.2, -0.15) is 0 Å². The molecule has 1 aromatic carbocycles. The van der Waals surface area contributed by atoms with Crippen molar-refractivity contribution in [2.45, 2.75) is 45.6 Å². The molecule has 0 aliphatic carbocycles. The fourth-order valence-corrected chi connectivity index (χ4v) is 2.22. The summed E-state index contributed by atoms with van der Waals surface area (Å²) in [6, 6.07) is 1.25. The van der Waals surface area contributed by atoms with Crippen LogP contribution in [0.25, 0.3) is 0 Å². The number of benzene rings is 1. The molecule has 1 atom stereocenters. The highest BCUT2D eigenvalue weighted by Gasteiger charge is 2.24. The molecule has 0 heterocycles. The summed E-state index contributed by atoms with van der Waals surface area (Å²) in [6.07, 6.45) is 2.08. The third-order valence-electron chi connectivity index (χ3n) is 3.12. The molecule has 0 saturated heterocycles. The Bertz CT molecular complexity index is 387. The van der Waals surface area contributed by atoms with E-state index in [0.29, 0.717) is 6.07 Å². The smallest absolute Gasteiger partial charge is 0.161 e. The van der Waals surface area contributed by atoms with Crippen LogP contribution in [0.4, 0.5) is 13.2 Å². The van der Waals surface area contributed by atoms with Crippen molar-refractivity contribution in [1.82, 2.24) is 0 Å². The van der Waals surface area contributed by atoms with Gasteiger partial charge in [0.15, 0.2) is 11.6 Å². The van der Waals surface area contributed by atoms with Crippen LogP contribution >= 0.6 is 0 Å². The maximum Gasteiger partial charge on any atom is 0.161 e. The van der Waals surface area contributed by atoms with E-state index in [1.165, 1.54) is 0 Å². The molecular formula is C14H19F3O. The van der Waals surface area contributed by atoms with Crippen LogP contribution in [0.15, 0.2) is 12.1 Å². The zero-order valence-electron chi connectivity index (χ0n) is 10.7.